The van der Waals surface area contributed by atoms with Crippen molar-refractivity contribution in [2.24, 2.45) is 7.05 Å². The minimum absolute atomic E-state index is 0.0309. The third-order valence-electron chi connectivity index (χ3n) is 6.09. The van der Waals surface area contributed by atoms with Crippen LogP contribution in [0.5, 0.6) is 0 Å². The van der Waals surface area contributed by atoms with Gasteiger partial charge in [-0.3, -0.25) is 14.3 Å². The van der Waals surface area contributed by atoms with E-state index >= 15 is 0 Å². The summed E-state index contributed by atoms with van der Waals surface area (Å²) in [6, 6.07) is 11.9. The van der Waals surface area contributed by atoms with Crippen LogP contribution in [0.4, 0.5) is 0 Å². The van der Waals surface area contributed by atoms with Crippen molar-refractivity contribution >= 4 is 23.3 Å². The van der Waals surface area contributed by atoms with Gasteiger partial charge in [-0.1, -0.05) is 37.1 Å². The molecule has 4 rings (SSSR count). The maximum atomic E-state index is 12.5. The number of amides is 2. The van der Waals surface area contributed by atoms with Gasteiger partial charge in [-0.05, 0) is 42.1 Å². The van der Waals surface area contributed by atoms with Crippen LogP contribution in [0.3, 0.4) is 0 Å². The molecule has 3 aromatic heterocycles. The lowest BCUT2D eigenvalue weighted by Gasteiger charge is -2.15. The highest BCUT2D eigenvalue weighted by Gasteiger charge is 2.18. The van der Waals surface area contributed by atoms with Gasteiger partial charge < -0.3 is 15.6 Å². The molecule has 36 heavy (non-hydrogen) atoms. The Balaban J connectivity index is 1.42. The number of H-pyrrole nitrogens is 1. The van der Waals surface area contributed by atoms with Crippen molar-refractivity contribution in [2.45, 2.75) is 38.0 Å². The van der Waals surface area contributed by atoms with Crippen LogP contribution >= 0.6 is 11.5 Å². The maximum absolute atomic E-state index is 12.5. The Morgan fingerprint density at radius 3 is 2.58 bits per heavy atom. The molecule has 0 aliphatic carbocycles. The highest BCUT2D eigenvalue weighted by molar-refractivity contribution is 7.08. The fraction of sp³-hybridized carbons (Fsp3) is 0.346. The quantitative estimate of drug-likeness (QED) is 0.250. The second kappa shape index (κ2) is 12.3. The fourth-order valence-corrected chi connectivity index (χ4v) is 4.54. The first-order valence-electron chi connectivity index (χ1n) is 12.1. The molecule has 1 unspecified atom stereocenters. The number of rotatable bonds is 12. The van der Waals surface area contributed by atoms with Gasteiger partial charge in [-0.2, -0.15) is 5.10 Å². The summed E-state index contributed by atoms with van der Waals surface area (Å²) in [6.07, 6.45) is 9.49. The molecule has 0 spiro atoms. The Hall–Kier alpha value is -3.79. The van der Waals surface area contributed by atoms with Gasteiger partial charge in [0, 0.05) is 50.9 Å². The number of imidazole rings is 1. The van der Waals surface area contributed by atoms with E-state index in [1.54, 1.807) is 24.0 Å². The average molecular weight is 506 g/mol. The molecule has 0 aliphatic rings. The number of nitrogens with zero attached hydrogens (tertiary/aromatic N) is 4. The predicted molar refractivity (Wildman–Crippen MR) is 141 cm³/mol. The molecule has 1 atom stereocenters. The largest absolute Gasteiger partial charge is 0.359 e. The first-order chi connectivity index (χ1) is 17.5. The second-order valence-electron chi connectivity index (χ2n) is 8.69. The second-order valence-corrected chi connectivity index (χ2v) is 9.52. The summed E-state index contributed by atoms with van der Waals surface area (Å²) >= 11 is 1.18. The third-order valence-corrected chi connectivity index (χ3v) is 6.84. The lowest BCUT2D eigenvalue weighted by molar-refractivity contribution is -0.120. The summed E-state index contributed by atoms with van der Waals surface area (Å²) in [7, 11) is 3.56. The number of hydrogen-bond acceptors (Lipinski definition) is 6. The Kier molecular flexibility index (Phi) is 8.62. The lowest BCUT2D eigenvalue weighted by atomic mass is 9.99. The van der Waals surface area contributed by atoms with E-state index in [-0.39, 0.29) is 17.7 Å². The van der Waals surface area contributed by atoms with Gasteiger partial charge in [0.15, 0.2) is 0 Å². The molecule has 0 aliphatic heterocycles. The Morgan fingerprint density at radius 2 is 1.89 bits per heavy atom. The summed E-state index contributed by atoms with van der Waals surface area (Å²) in [5, 5.41) is 10.1. The smallest absolute Gasteiger partial charge is 0.263 e. The van der Waals surface area contributed by atoms with Crippen molar-refractivity contribution in [1.82, 2.24) is 34.8 Å². The molecule has 0 saturated heterocycles. The van der Waals surface area contributed by atoms with E-state index in [4.69, 9.17) is 0 Å². The number of nitrogens with one attached hydrogen (secondary N) is 3. The van der Waals surface area contributed by atoms with E-state index in [0.29, 0.717) is 17.8 Å². The van der Waals surface area contributed by atoms with Gasteiger partial charge in [-0.25, -0.2) is 9.36 Å². The van der Waals surface area contributed by atoms with Crippen LogP contribution in [0.1, 0.15) is 53.5 Å². The molecule has 0 radical (unpaired) electrons. The van der Waals surface area contributed by atoms with Crippen LogP contribution < -0.4 is 10.6 Å². The third kappa shape index (κ3) is 6.66. The van der Waals surface area contributed by atoms with Gasteiger partial charge in [0.25, 0.3) is 5.91 Å². The summed E-state index contributed by atoms with van der Waals surface area (Å²) in [5.41, 5.74) is 3.95. The van der Waals surface area contributed by atoms with E-state index in [0.717, 1.165) is 54.0 Å². The SMILES string of the molecule is CNC(=O)CCCCCC(CNC(=O)c1ccns1)c1ncc(-c2ccc(-c3ccn(C)n3)cc2)[nH]1. The fourth-order valence-electron chi connectivity index (χ4n) is 4.03. The van der Waals surface area contributed by atoms with Gasteiger partial charge in [0.05, 0.1) is 17.6 Å². The molecule has 1 aromatic carbocycles. The molecular weight excluding hydrogens is 474 g/mol. The maximum Gasteiger partial charge on any atom is 0.263 e. The molecule has 9 nitrogen and oxygen atoms in total. The lowest BCUT2D eigenvalue weighted by Crippen LogP contribution is -2.28. The summed E-state index contributed by atoms with van der Waals surface area (Å²) in [5.74, 6) is 0.810. The molecule has 3 heterocycles. The standard InChI is InChI=1S/C26H31N7O2S/c1-27-24(34)7-5-3-4-6-20(16-29-26(35)23-12-14-30-36-23)25-28-17-22(31-25)19-10-8-18(9-11-19)21-13-15-33(2)32-21/h8-15,17,20H,3-7,16H2,1-2H3,(H,27,34)(H,28,31)(H,29,35). The van der Waals surface area contributed by atoms with Crippen LogP contribution in [0.25, 0.3) is 22.5 Å². The Bertz CT molecular complexity index is 1260. The zero-order valence-electron chi connectivity index (χ0n) is 20.5. The number of carbonyl (C=O) groups excluding carboxylic acids is 2. The number of aryl methyl sites for hydroxylation is 1. The monoisotopic (exact) mass is 505 g/mol. The van der Waals surface area contributed by atoms with Crippen LogP contribution in [-0.2, 0) is 11.8 Å². The highest BCUT2D eigenvalue weighted by Crippen LogP contribution is 2.26. The molecule has 4 aromatic rings. The van der Waals surface area contributed by atoms with Gasteiger partial charge >= 0.3 is 0 Å². The first kappa shape index (κ1) is 25.3. The van der Waals surface area contributed by atoms with Crippen molar-refractivity contribution in [1.29, 1.82) is 0 Å². The number of hydrogen-bond donors (Lipinski definition) is 3. The van der Waals surface area contributed by atoms with Crippen LogP contribution in [0.15, 0.2) is 55.0 Å². The Morgan fingerprint density at radius 1 is 1.08 bits per heavy atom. The van der Waals surface area contributed by atoms with Crippen molar-refractivity contribution < 1.29 is 9.59 Å². The number of aromatic nitrogens is 5. The van der Waals surface area contributed by atoms with Gasteiger partial charge in [-0.15, -0.1) is 0 Å². The molecule has 3 N–H and O–H groups in total. The number of aromatic amines is 1. The normalized spacial score (nSPS) is 11.8. The van der Waals surface area contributed by atoms with E-state index in [2.05, 4.69) is 54.3 Å². The highest BCUT2D eigenvalue weighted by atomic mass is 32.1. The van der Waals surface area contributed by atoms with Crippen LogP contribution in [-0.4, -0.2) is 49.5 Å². The van der Waals surface area contributed by atoms with Crippen LogP contribution in [0.2, 0.25) is 0 Å². The Labute approximate surface area is 214 Å². The van der Waals surface area contributed by atoms with Crippen LogP contribution in [0, 0.1) is 0 Å². The topological polar surface area (TPSA) is 118 Å². The molecule has 0 fully saturated rings. The zero-order chi connectivity index (χ0) is 25.3. The minimum atomic E-state index is -0.126. The predicted octanol–water partition coefficient (Wildman–Crippen LogP) is 4.14. The van der Waals surface area contributed by atoms with Crippen molar-refractivity contribution in [3.05, 3.63) is 65.7 Å². The van der Waals surface area contributed by atoms with E-state index in [9.17, 15) is 9.59 Å². The van der Waals surface area contributed by atoms with Crippen molar-refractivity contribution in [2.75, 3.05) is 13.6 Å². The van der Waals surface area contributed by atoms with Gasteiger partial charge in [0.1, 0.15) is 10.7 Å². The molecule has 10 heteroatoms. The van der Waals surface area contributed by atoms with E-state index < -0.39 is 0 Å². The van der Waals surface area contributed by atoms with E-state index in [1.807, 2.05) is 25.5 Å². The van der Waals surface area contributed by atoms with Crippen molar-refractivity contribution in [3.63, 3.8) is 0 Å². The zero-order valence-corrected chi connectivity index (χ0v) is 21.3. The summed E-state index contributed by atoms with van der Waals surface area (Å²) in [4.78, 5) is 32.7. The number of unbranched alkanes of at least 4 members (excludes halogenated alkanes) is 2. The molecule has 2 amide bonds. The molecule has 0 saturated carbocycles. The average Bonchev–Trinajstić information content (AvgIpc) is 3.67. The summed E-state index contributed by atoms with van der Waals surface area (Å²) in [6.45, 7) is 0.470. The minimum Gasteiger partial charge on any atom is -0.359 e. The molecule has 188 valence electrons. The number of benzene rings is 1. The van der Waals surface area contributed by atoms with E-state index in [1.165, 1.54) is 11.5 Å². The van der Waals surface area contributed by atoms with Crippen molar-refractivity contribution in [3.8, 4) is 22.5 Å². The summed E-state index contributed by atoms with van der Waals surface area (Å²) < 4.78 is 5.80. The molecular formula is C26H31N7O2S. The van der Waals surface area contributed by atoms with Gasteiger partial charge in [0.2, 0.25) is 5.91 Å². The molecule has 0 bridgehead atoms. The number of carbonyl (C=O) groups is 2. The first-order valence-corrected chi connectivity index (χ1v) is 12.9.